The molecule has 192 valence electrons. The van der Waals surface area contributed by atoms with Crippen LogP contribution < -0.4 is 19.9 Å². The van der Waals surface area contributed by atoms with Gasteiger partial charge in [0, 0.05) is 51.0 Å². The molecule has 2 heterocycles. The second-order valence-electron chi connectivity index (χ2n) is 9.17. The third-order valence-corrected chi connectivity index (χ3v) is 8.29. The Bertz CT molecular complexity index is 1270. The summed E-state index contributed by atoms with van der Waals surface area (Å²) >= 11 is 0. The van der Waals surface area contributed by atoms with Crippen molar-refractivity contribution < 1.29 is 13.2 Å². The number of rotatable bonds is 8. The Morgan fingerprint density at radius 1 is 0.972 bits per heavy atom. The number of piperazine rings is 1. The van der Waals surface area contributed by atoms with E-state index in [1.54, 1.807) is 31.4 Å². The zero-order valence-corrected chi connectivity index (χ0v) is 22.3. The van der Waals surface area contributed by atoms with Gasteiger partial charge in [0.05, 0.1) is 12.0 Å². The molecule has 0 amide bonds. The van der Waals surface area contributed by atoms with Gasteiger partial charge in [0.25, 0.3) is 0 Å². The van der Waals surface area contributed by atoms with E-state index in [1.165, 1.54) is 9.87 Å². The van der Waals surface area contributed by atoms with Gasteiger partial charge in [-0.3, -0.25) is 0 Å². The van der Waals surface area contributed by atoms with Gasteiger partial charge in [-0.2, -0.15) is 14.3 Å². The Morgan fingerprint density at radius 3 is 2.19 bits per heavy atom. The normalized spacial score (nSPS) is 14.7. The zero-order valence-electron chi connectivity index (χ0n) is 21.5. The Labute approximate surface area is 213 Å². The molecular weight excluding hydrogens is 476 g/mol. The van der Waals surface area contributed by atoms with Crippen LogP contribution in [0.2, 0.25) is 0 Å². The Balaban J connectivity index is 1.54. The van der Waals surface area contributed by atoms with Crippen LogP contribution in [0.15, 0.2) is 59.5 Å². The number of hydrogen-bond donors (Lipinski definition) is 1. The van der Waals surface area contributed by atoms with Crippen LogP contribution in [0.5, 0.6) is 5.75 Å². The van der Waals surface area contributed by atoms with Gasteiger partial charge in [0.1, 0.15) is 17.4 Å². The number of ether oxygens (including phenoxy) is 1. The molecule has 0 unspecified atom stereocenters. The number of nitrogens with zero attached hydrogens (tertiary/aromatic N) is 5. The predicted molar refractivity (Wildman–Crippen MR) is 144 cm³/mol. The van der Waals surface area contributed by atoms with Crippen molar-refractivity contribution in [3.63, 3.8) is 0 Å². The molecule has 36 heavy (non-hydrogen) atoms. The number of anilines is 4. The second kappa shape index (κ2) is 10.7. The van der Waals surface area contributed by atoms with E-state index in [9.17, 15) is 8.42 Å². The second-order valence-corrected chi connectivity index (χ2v) is 11.1. The molecule has 3 aromatic rings. The fourth-order valence-electron chi connectivity index (χ4n) is 3.88. The lowest BCUT2D eigenvalue weighted by molar-refractivity contribution is 0.382. The van der Waals surface area contributed by atoms with E-state index in [1.807, 2.05) is 42.3 Å². The standard InChI is InChI=1S/C26H34N6O3S/c1-19(2)30(4)25-18-24(27-21-8-6-20(3)7-9-21)28-26(29-25)31-14-16-32(17-15-31)36(33,34)23-12-10-22(35-5)11-13-23/h6-13,18-19H,14-17H2,1-5H3,(H,27,28,29). The molecule has 0 saturated carbocycles. The molecular formula is C26H34N6O3S. The smallest absolute Gasteiger partial charge is 0.243 e. The molecule has 1 aliphatic heterocycles. The number of aromatic nitrogens is 2. The molecule has 1 saturated heterocycles. The summed E-state index contributed by atoms with van der Waals surface area (Å²) in [4.78, 5) is 14.0. The summed E-state index contributed by atoms with van der Waals surface area (Å²) in [7, 11) is -0.0264. The number of hydrogen-bond acceptors (Lipinski definition) is 8. The molecule has 0 bridgehead atoms. The van der Waals surface area contributed by atoms with Crippen molar-refractivity contribution in [2.24, 2.45) is 0 Å². The van der Waals surface area contributed by atoms with Gasteiger partial charge in [-0.15, -0.1) is 0 Å². The number of nitrogens with one attached hydrogen (secondary N) is 1. The highest BCUT2D eigenvalue weighted by atomic mass is 32.2. The fraction of sp³-hybridized carbons (Fsp3) is 0.385. The quantitative estimate of drug-likeness (QED) is 0.488. The maximum atomic E-state index is 13.1. The third-order valence-electron chi connectivity index (χ3n) is 6.38. The van der Waals surface area contributed by atoms with E-state index in [-0.39, 0.29) is 10.9 Å². The van der Waals surface area contributed by atoms with Gasteiger partial charge in [-0.1, -0.05) is 17.7 Å². The van der Waals surface area contributed by atoms with Crippen LogP contribution in [0.1, 0.15) is 19.4 Å². The minimum Gasteiger partial charge on any atom is -0.497 e. The molecule has 1 aliphatic rings. The molecule has 2 aromatic carbocycles. The summed E-state index contributed by atoms with van der Waals surface area (Å²) in [6, 6.07) is 16.8. The fourth-order valence-corrected chi connectivity index (χ4v) is 5.30. The predicted octanol–water partition coefficient (Wildman–Crippen LogP) is 3.89. The highest BCUT2D eigenvalue weighted by molar-refractivity contribution is 7.89. The first-order valence-electron chi connectivity index (χ1n) is 12.0. The largest absolute Gasteiger partial charge is 0.497 e. The van der Waals surface area contributed by atoms with Crippen LogP contribution in [-0.2, 0) is 10.0 Å². The van der Waals surface area contributed by atoms with Gasteiger partial charge < -0.3 is 19.9 Å². The lowest BCUT2D eigenvalue weighted by Gasteiger charge is -2.34. The molecule has 10 heteroatoms. The van der Waals surface area contributed by atoms with Gasteiger partial charge >= 0.3 is 0 Å². The average molecular weight is 511 g/mol. The molecule has 0 spiro atoms. The zero-order chi connectivity index (χ0) is 25.9. The van der Waals surface area contributed by atoms with Crippen LogP contribution in [0, 0.1) is 6.92 Å². The van der Waals surface area contributed by atoms with Crippen LogP contribution in [0.3, 0.4) is 0 Å². The minimum absolute atomic E-state index is 0.256. The first kappa shape index (κ1) is 25.7. The van der Waals surface area contributed by atoms with E-state index >= 15 is 0 Å². The van der Waals surface area contributed by atoms with E-state index < -0.39 is 10.0 Å². The van der Waals surface area contributed by atoms with Gasteiger partial charge in [0.2, 0.25) is 16.0 Å². The minimum atomic E-state index is -3.59. The molecule has 1 N–H and O–H groups in total. The van der Waals surface area contributed by atoms with E-state index in [0.29, 0.717) is 43.7 Å². The average Bonchev–Trinajstić information content (AvgIpc) is 2.89. The molecule has 0 radical (unpaired) electrons. The number of benzene rings is 2. The molecule has 0 atom stereocenters. The summed E-state index contributed by atoms with van der Waals surface area (Å²) in [6.45, 7) is 7.96. The van der Waals surface area contributed by atoms with E-state index in [2.05, 4.69) is 31.0 Å². The third kappa shape index (κ3) is 5.71. The molecule has 0 aliphatic carbocycles. The van der Waals surface area contributed by atoms with Crippen molar-refractivity contribution in [1.29, 1.82) is 0 Å². The first-order valence-corrected chi connectivity index (χ1v) is 13.5. The van der Waals surface area contributed by atoms with Crippen LogP contribution in [0.4, 0.5) is 23.3 Å². The van der Waals surface area contributed by atoms with Crippen molar-refractivity contribution in [2.75, 3.05) is 55.5 Å². The van der Waals surface area contributed by atoms with Crippen molar-refractivity contribution in [2.45, 2.75) is 31.7 Å². The summed E-state index contributed by atoms with van der Waals surface area (Å²) in [5, 5.41) is 3.39. The molecule has 9 nitrogen and oxygen atoms in total. The highest BCUT2D eigenvalue weighted by Gasteiger charge is 2.30. The van der Waals surface area contributed by atoms with Gasteiger partial charge in [0.15, 0.2) is 0 Å². The number of methoxy groups -OCH3 is 1. The van der Waals surface area contributed by atoms with Crippen LogP contribution in [0.25, 0.3) is 0 Å². The van der Waals surface area contributed by atoms with Crippen molar-refractivity contribution in [3.8, 4) is 5.75 Å². The van der Waals surface area contributed by atoms with Gasteiger partial charge in [-0.05, 0) is 57.2 Å². The Morgan fingerprint density at radius 2 is 1.61 bits per heavy atom. The maximum Gasteiger partial charge on any atom is 0.243 e. The molecule has 1 aromatic heterocycles. The first-order chi connectivity index (χ1) is 17.2. The van der Waals surface area contributed by atoms with E-state index in [4.69, 9.17) is 14.7 Å². The van der Waals surface area contributed by atoms with Crippen molar-refractivity contribution in [1.82, 2.24) is 14.3 Å². The summed E-state index contributed by atoms with van der Waals surface area (Å²) in [5.41, 5.74) is 2.13. The molecule has 4 rings (SSSR count). The summed E-state index contributed by atoms with van der Waals surface area (Å²) in [6.07, 6.45) is 0. The van der Waals surface area contributed by atoms with Crippen LogP contribution in [-0.4, -0.2) is 69.1 Å². The lowest BCUT2D eigenvalue weighted by atomic mass is 10.2. The summed E-state index contributed by atoms with van der Waals surface area (Å²) < 4.78 is 33.0. The van der Waals surface area contributed by atoms with Gasteiger partial charge in [-0.25, -0.2) is 8.42 Å². The topological polar surface area (TPSA) is 90.9 Å². The lowest BCUT2D eigenvalue weighted by Crippen LogP contribution is -2.49. The van der Waals surface area contributed by atoms with Crippen molar-refractivity contribution in [3.05, 3.63) is 60.2 Å². The SMILES string of the molecule is COc1ccc(S(=O)(=O)N2CCN(c3nc(Nc4ccc(C)cc4)cc(N(C)C(C)C)n3)CC2)cc1. The maximum absolute atomic E-state index is 13.1. The molecule has 1 fully saturated rings. The van der Waals surface area contributed by atoms with Crippen molar-refractivity contribution >= 4 is 33.3 Å². The Kier molecular flexibility index (Phi) is 7.65. The van der Waals surface area contributed by atoms with E-state index in [0.717, 1.165) is 11.5 Å². The number of aryl methyl sites for hydroxylation is 1. The number of sulfonamides is 1. The Hall–Kier alpha value is -3.37. The monoisotopic (exact) mass is 510 g/mol. The highest BCUT2D eigenvalue weighted by Crippen LogP contribution is 2.26. The summed E-state index contributed by atoms with van der Waals surface area (Å²) in [5.74, 6) is 2.70. The van der Waals surface area contributed by atoms with Crippen LogP contribution >= 0.6 is 0 Å².